The lowest BCUT2D eigenvalue weighted by Gasteiger charge is -2.33. The van der Waals surface area contributed by atoms with Gasteiger partial charge in [-0.1, -0.05) is 66.4 Å². The summed E-state index contributed by atoms with van der Waals surface area (Å²) in [6.45, 7) is 3.99. The first-order chi connectivity index (χ1) is 16.0. The zero-order chi connectivity index (χ0) is 22.9. The number of hydrogen-bond acceptors (Lipinski definition) is 5. The third kappa shape index (κ3) is 4.09. The summed E-state index contributed by atoms with van der Waals surface area (Å²) in [6, 6.07) is 21.3. The maximum atomic E-state index is 13.6. The second-order valence-corrected chi connectivity index (χ2v) is 9.05. The van der Waals surface area contributed by atoms with Crippen LogP contribution in [0.2, 0.25) is 0 Å². The summed E-state index contributed by atoms with van der Waals surface area (Å²) in [4.78, 5) is 13.5. The number of nitrogens with zero attached hydrogens (tertiary/aromatic N) is 3. The number of fused-ring (bicyclic) bond motifs is 1. The van der Waals surface area contributed by atoms with E-state index < -0.39 is 11.3 Å². The summed E-state index contributed by atoms with van der Waals surface area (Å²) in [5.41, 5.74) is 8.00. The highest BCUT2D eigenvalue weighted by Gasteiger charge is 2.38. The van der Waals surface area contributed by atoms with Gasteiger partial charge < -0.3 is 10.7 Å². The predicted octanol–water partition coefficient (Wildman–Crippen LogP) is 5.10. The molecule has 5 rings (SSSR count). The maximum Gasteiger partial charge on any atom is 0.240 e. The zero-order valence-electron chi connectivity index (χ0n) is 18.1. The third-order valence-corrected chi connectivity index (χ3v) is 7.03. The largest absolute Gasteiger partial charge is 0.325 e. The zero-order valence-corrected chi connectivity index (χ0v) is 18.9. The highest BCUT2D eigenvalue weighted by atomic mass is 32.2. The maximum absolute atomic E-state index is 13.6. The number of aromatic nitrogens is 3. The minimum Gasteiger partial charge on any atom is -0.325 e. The van der Waals surface area contributed by atoms with Crippen LogP contribution in [-0.2, 0) is 4.79 Å². The van der Waals surface area contributed by atoms with Crippen molar-refractivity contribution in [3.8, 4) is 11.4 Å². The van der Waals surface area contributed by atoms with Crippen LogP contribution in [0.5, 0.6) is 0 Å². The molecule has 0 aliphatic carbocycles. The summed E-state index contributed by atoms with van der Waals surface area (Å²) in [7, 11) is 0. The van der Waals surface area contributed by atoms with Crippen LogP contribution in [0, 0.1) is 19.7 Å². The predicted molar refractivity (Wildman–Crippen MR) is 128 cm³/mol. The summed E-state index contributed by atoms with van der Waals surface area (Å²) in [5.74, 6) is 0.165. The van der Waals surface area contributed by atoms with Crippen molar-refractivity contribution in [2.45, 2.75) is 30.3 Å². The number of rotatable bonds is 4. The van der Waals surface area contributed by atoms with Crippen molar-refractivity contribution >= 4 is 23.4 Å². The molecule has 166 valence electrons. The molecule has 0 bridgehead atoms. The van der Waals surface area contributed by atoms with Gasteiger partial charge in [-0.05, 0) is 48.7 Å². The molecular formula is C25H22FN5OS. The van der Waals surface area contributed by atoms with E-state index in [1.54, 1.807) is 16.8 Å². The Balaban J connectivity index is 1.52. The Kier molecular flexibility index (Phi) is 5.60. The first kappa shape index (κ1) is 21.2. The Hall–Kier alpha value is -3.65. The molecule has 1 aliphatic rings. The van der Waals surface area contributed by atoms with Gasteiger partial charge in [0.25, 0.3) is 0 Å². The number of halogens is 1. The molecule has 2 atom stereocenters. The molecule has 0 fully saturated rings. The standard InChI is InChI=1S/C25H22FN5OS/c1-15-7-6-10-20(16(15)2)27-24(32)22-21(17-11-13-19(26)14-12-17)30-31-23(28-29-25(31)33-22)18-8-4-3-5-9-18/h3-14,21-22,30H,1-2H3,(H,27,32)/t21-,22-/m0/s1. The molecule has 0 saturated heterocycles. The number of aryl methyl sites for hydroxylation is 1. The van der Waals surface area contributed by atoms with E-state index in [0.717, 1.165) is 27.9 Å². The van der Waals surface area contributed by atoms with Gasteiger partial charge in [0.15, 0.2) is 5.82 Å². The van der Waals surface area contributed by atoms with Gasteiger partial charge in [-0.25, -0.2) is 9.07 Å². The number of carbonyl (C=O) groups is 1. The molecule has 4 aromatic rings. The van der Waals surface area contributed by atoms with E-state index in [0.29, 0.717) is 11.0 Å². The Morgan fingerprint density at radius 1 is 1.00 bits per heavy atom. The smallest absolute Gasteiger partial charge is 0.240 e. The fraction of sp³-hybridized carbons (Fsp3) is 0.160. The van der Waals surface area contributed by atoms with Crippen molar-refractivity contribution in [3.05, 3.63) is 95.3 Å². The molecular weight excluding hydrogens is 437 g/mol. The number of benzene rings is 3. The number of nitrogens with one attached hydrogen (secondary N) is 2. The first-order valence-electron chi connectivity index (χ1n) is 10.6. The van der Waals surface area contributed by atoms with Crippen molar-refractivity contribution < 1.29 is 9.18 Å². The molecule has 1 aliphatic heterocycles. The summed E-state index contributed by atoms with van der Waals surface area (Å²) in [5, 5.41) is 11.8. The number of carbonyl (C=O) groups excluding carboxylic acids is 1. The van der Waals surface area contributed by atoms with Crippen molar-refractivity contribution in [1.29, 1.82) is 0 Å². The Morgan fingerprint density at radius 3 is 2.52 bits per heavy atom. The number of thioether (sulfide) groups is 1. The van der Waals surface area contributed by atoms with Gasteiger partial charge in [0, 0.05) is 11.3 Å². The lowest BCUT2D eigenvalue weighted by atomic mass is 10.0. The SMILES string of the molecule is Cc1cccc(NC(=O)[C@H]2Sc3nnc(-c4ccccc4)n3N[C@H]2c2ccc(F)cc2)c1C. The van der Waals surface area contributed by atoms with E-state index in [1.807, 2.05) is 62.4 Å². The lowest BCUT2D eigenvalue weighted by molar-refractivity contribution is -0.116. The van der Waals surface area contributed by atoms with E-state index in [-0.39, 0.29) is 11.7 Å². The summed E-state index contributed by atoms with van der Waals surface area (Å²) in [6.07, 6.45) is 0. The van der Waals surface area contributed by atoms with Crippen LogP contribution in [0.3, 0.4) is 0 Å². The van der Waals surface area contributed by atoms with Crippen LogP contribution in [0.25, 0.3) is 11.4 Å². The van der Waals surface area contributed by atoms with Crippen LogP contribution in [0.1, 0.15) is 22.7 Å². The van der Waals surface area contributed by atoms with E-state index in [1.165, 1.54) is 23.9 Å². The molecule has 33 heavy (non-hydrogen) atoms. The molecule has 8 heteroatoms. The number of amides is 1. The van der Waals surface area contributed by atoms with E-state index in [4.69, 9.17) is 0 Å². The number of hydrogen-bond donors (Lipinski definition) is 2. The van der Waals surface area contributed by atoms with E-state index in [2.05, 4.69) is 20.9 Å². The minimum absolute atomic E-state index is 0.161. The van der Waals surface area contributed by atoms with Crippen LogP contribution < -0.4 is 10.7 Å². The molecule has 6 nitrogen and oxygen atoms in total. The highest BCUT2D eigenvalue weighted by Crippen LogP contribution is 2.39. The fourth-order valence-electron chi connectivity index (χ4n) is 3.84. The van der Waals surface area contributed by atoms with Gasteiger partial charge in [-0.2, -0.15) is 0 Å². The van der Waals surface area contributed by atoms with Crippen LogP contribution >= 0.6 is 11.8 Å². The van der Waals surface area contributed by atoms with Gasteiger partial charge >= 0.3 is 0 Å². The first-order valence-corrected chi connectivity index (χ1v) is 11.5. The van der Waals surface area contributed by atoms with E-state index >= 15 is 0 Å². The third-order valence-electron chi connectivity index (χ3n) is 5.82. The monoisotopic (exact) mass is 459 g/mol. The average Bonchev–Trinajstić information content (AvgIpc) is 3.25. The number of anilines is 1. The molecule has 2 N–H and O–H groups in total. The van der Waals surface area contributed by atoms with Gasteiger partial charge in [-0.3, -0.25) is 4.79 Å². The van der Waals surface area contributed by atoms with Crippen molar-refractivity contribution in [3.63, 3.8) is 0 Å². The second kappa shape index (κ2) is 8.71. The van der Waals surface area contributed by atoms with Crippen molar-refractivity contribution in [1.82, 2.24) is 14.9 Å². The topological polar surface area (TPSA) is 71.8 Å². The molecule has 0 radical (unpaired) electrons. The van der Waals surface area contributed by atoms with Crippen molar-refractivity contribution in [2.75, 3.05) is 10.7 Å². The van der Waals surface area contributed by atoms with Gasteiger partial charge in [0.2, 0.25) is 11.1 Å². The molecule has 3 aromatic carbocycles. The summed E-state index contributed by atoms with van der Waals surface area (Å²) >= 11 is 1.34. The Morgan fingerprint density at radius 2 is 1.76 bits per heavy atom. The molecule has 0 spiro atoms. The van der Waals surface area contributed by atoms with Crippen LogP contribution in [0.15, 0.2) is 78.0 Å². The fourth-order valence-corrected chi connectivity index (χ4v) is 4.92. The molecule has 2 heterocycles. The Bertz CT molecular complexity index is 1310. The second-order valence-electron chi connectivity index (χ2n) is 7.94. The lowest BCUT2D eigenvalue weighted by Crippen LogP contribution is -2.41. The van der Waals surface area contributed by atoms with Crippen LogP contribution in [-0.4, -0.2) is 26.0 Å². The Labute approximate surface area is 195 Å². The van der Waals surface area contributed by atoms with Crippen molar-refractivity contribution in [2.24, 2.45) is 0 Å². The average molecular weight is 460 g/mol. The summed E-state index contributed by atoms with van der Waals surface area (Å²) < 4.78 is 15.4. The molecule has 1 aromatic heterocycles. The molecule has 0 unspecified atom stereocenters. The highest BCUT2D eigenvalue weighted by molar-refractivity contribution is 8.00. The van der Waals surface area contributed by atoms with Gasteiger partial charge in [0.1, 0.15) is 11.1 Å². The molecule has 0 saturated carbocycles. The minimum atomic E-state index is -0.546. The van der Waals surface area contributed by atoms with Gasteiger partial charge in [-0.15, -0.1) is 10.2 Å². The van der Waals surface area contributed by atoms with Crippen LogP contribution in [0.4, 0.5) is 10.1 Å². The molecule has 1 amide bonds. The van der Waals surface area contributed by atoms with E-state index in [9.17, 15) is 9.18 Å². The van der Waals surface area contributed by atoms with Gasteiger partial charge in [0.05, 0.1) is 6.04 Å². The quantitative estimate of drug-likeness (QED) is 0.444. The normalized spacial score (nSPS) is 17.2.